The van der Waals surface area contributed by atoms with Crippen molar-refractivity contribution < 1.29 is 0 Å². The predicted molar refractivity (Wildman–Crippen MR) is 64.1 cm³/mol. The Balaban J connectivity index is 2.12. The lowest BCUT2D eigenvalue weighted by Gasteiger charge is -2.03. The summed E-state index contributed by atoms with van der Waals surface area (Å²) in [5.74, 6) is 0.613. The molecule has 0 atom stereocenters. The van der Waals surface area contributed by atoms with Crippen LogP contribution in [-0.4, -0.2) is 4.57 Å². The van der Waals surface area contributed by atoms with Crippen LogP contribution < -0.4 is 0 Å². The van der Waals surface area contributed by atoms with E-state index in [2.05, 4.69) is 67.2 Å². The Morgan fingerprint density at radius 1 is 1.07 bits per heavy atom. The molecule has 1 aromatic carbocycles. The predicted octanol–water partition coefficient (Wildman–Crippen LogP) is 3.66. The van der Waals surface area contributed by atoms with E-state index in [0.717, 1.165) is 6.54 Å². The first kappa shape index (κ1) is 10.0. The fourth-order valence-corrected chi connectivity index (χ4v) is 1.69. The molecule has 0 amide bonds. The van der Waals surface area contributed by atoms with E-state index in [-0.39, 0.29) is 0 Å². The maximum Gasteiger partial charge on any atom is 0.0470 e. The number of benzene rings is 1. The zero-order valence-electron chi connectivity index (χ0n) is 9.35. The molecule has 0 radical (unpaired) electrons. The Kier molecular flexibility index (Phi) is 2.91. The summed E-state index contributed by atoms with van der Waals surface area (Å²) in [5, 5.41) is 0. The third-order valence-corrected chi connectivity index (χ3v) is 2.65. The van der Waals surface area contributed by atoms with E-state index in [0.29, 0.717) is 5.92 Å². The Labute approximate surface area is 91.4 Å². The summed E-state index contributed by atoms with van der Waals surface area (Å²) in [6, 6.07) is 12.8. The van der Waals surface area contributed by atoms with Gasteiger partial charge in [0.15, 0.2) is 0 Å². The molecule has 1 heteroatoms. The Hall–Kier alpha value is -1.50. The molecule has 15 heavy (non-hydrogen) atoms. The quantitative estimate of drug-likeness (QED) is 0.711. The molecule has 1 aromatic heterocycles. The number of rotatable bonds is 3. The van der Waals surface area contributed by atoms with Crippen molar-refractivity contribution in [2.24, 2.45) is 0 Å². The second kappa shape index (κ2) is 4.35. The van der Waals surface area contributed by atoms with Crippen molar-refractivity contribution in [3.05, 3.63) is 59.9 Å². The van der Waals surface area contributed by atoms with Gasteiger partial charge in [-0.05, 0) is 23.1 Å². The second-order valence-corrected chi connectivity index (χ2v) is 4.26. The molecule has 0 N–H and O–H groups in total. The number of hydrogen-bond acceptors (Lipinski definition) is 0. The second-order valence-electron chi connectivity index (χ2n) is 4.26. The summed E-state index contributed by atoms with van der Waals surface area (Å²) in [4.78, 5) is 0. The largest absolute Gasteiger partial charge is 0.350 e. The van der Waals surface area contributed by atoms with Crippen LogP contribution in [0.15, 0.2) is 48.8 Å². The molecule has 0 aliphatic rings. The molecule has 0 aliphatic heterocycles. The zero-order chi connectivity index (χ0) is 10.7. The monoisotopic (exact) mass is 199 g/mol. The van der Waals surface area contributed by atoms with Gasteiger partial charge in [-0.1, -0.05) is 44.2 Å². The van der Waals surface area contributed by atoms with Gasteiger partial charge in [-0.25, -0.2) is 0 Å². The third-order valence-electron chi connectivity index (χ3n) is 2.65. The molecule has 0 bridgehead atoms. The lowest BCUT2D eigenvalue weighted by Crippen LogP contribution is -1.95. The lowest BCUT2D eigenvalue weighted by atomic mass is 10.1. The molecule has 0 aliphatic carbocycles. The van der Waals surface area contributed by atoms with Gasteiger partial charge in [0.2, 0.25) is 0 Å². The van der Waals surface area contributed by atoms with Crippen molar-refractivity contribution in [1.82, 2.24) is 4.57 Å². The van der Waals surface area contributed by atoms with Gasteiger partial charge in [0.25, 0.3) is 0 Å². The summed E-state index contributed by atoms with van der Waals surface area (Å²) in [6.45, 7) is 5.41. The van der Waals surface area contributed by atoms with E-state index >= 15 is 0 Å². The van der Waals surface area contributed by atoms with Crippen LogP contribution in [0, 0.1) is 0 Å². The van der Waals surface area contributed by atoms with E-state index in [9.17, 15) is 0 Å². The summed E-state index contributed by atoms with van der Waals surface area (Å²) in [5.41, 5.74) is 2.76. The van der Waals surface area contributed by atoms with Crippen molar-refractivity contribution in [1.29, 1.82) is 0 Å². The van der Waals surface area contributed by atoms with Crippen LogP contribution in [0.3, 0.4) is 0 Å². The van der Waals surface area contributed by atoms with Gasteiger partial charge >= 0.3 is 0 Å². The van der Waals surface area contributed by atoms with Gasteiger partial charge in [-0.15, -0.1) is 0 Å². The first-order valence-corrected chi connectivity index (χ1v) is 5.45. The van der Waals surface area contributed by atoms with Crippen LogP contribution >= 0.6 is 0 Å². The first-order valence-electron chi connectivity index (χ1n) is 5.45. The fourth-order valence-electron chi connectivity index (χ4n) is 1.69. The highest BCUT2D eigenvalue weighted by Gasteiger charge is 2.01. The Bertz CT molecular complexity index is 412. The van der Waals surface area contributed by atoms with Gasteiger partial charge in [-0.3, -0.25) is 0 Å². The van der Waals surface area contributed by atoms with Gasteiger partial charge < -0.3 is 4.57 Å². The fraction of sp³-hybridized carbons (Fsp3) is 0.286. The van der Waals surface area contributed by atoms with Gasteiger partial charge in [0.05, 0.1) is 0 Å². The maximum atomic E-state index is 2.24. The highest BCUT2D eigenvalue weighted by Crippen LogP contribution is 2.15. The maximum absolute atomic E-state index is 2.24. The summed E-state index contributed by atoms with van der Waals surface area (Å²) in [7, 11) is 0. The van der Waals surface area contributed by atoms with Crippen molar-refractivity contribution in [3.63, 3.8) is 0 Å². The van der Waals surface area contributed by atoms with Gasteiger partial charge in [-0.2, -0.15) is 0 Å². The average molecular weight is 199 g/mol. The van der Waals surface area contributed by atoms with Gasteiger partial charge in [0.1, 0.15) is 0 Å². The van der Waals surface area contributed by atoms with Crippen LogP contribution in [-0.2, 0) is 6.54 Å². The van der Waals surface area contributed by atoms with Crippen molar-refractivity contribution >= 4 is 0 Å². The molecular weight excluding hydrogens is 182 g/mol. The molecule has 2 rings (SSSR count). The molecule has 0 saturated carbocycles. The molecule has 2 aromatic rings. The van der Waals surface area contributed by atoms with Crippen molar-refractivity contribution in [2.75, 3.05) is 0 Å². The van der Waals surface area contributed by atoms with E-state index in [1.54, 1.807) is 0 Å². The van der Waals surface area contributed by atoms with Crippen LogP contribution in [0.5, 0.6) is 0 Å². The minimum atomic E-state index is 0.613. The summed E-state index contributed by atoms with van der Waals surface area (Å²) < 4.78 is 2.24. The highest BCUT2D eigenvalue weighted by molar-refractivity contribution is 5.18. The highest BCUT2D eigenvalue weighted by atomic mass is 14.9. The Morgan fingerprint density at radius 3 is 2.40 bits per heavy atom. The molecule has 1 nitrogen and oxygen atoms in total. The normalized spacial score (nSPS) is 10.9. The summed E-state index contributed by atoms with van der Waals surface area (Å²) >= 11 is 0. The SMILES string of the molecule is CC(C)c1ccn(Cc2ccccc2)c1. The van der Waals surface area contributed by atoms with E-state index in [1.165, 1.54) is 11.1 Å². The number of aromatic nitrogens is 1. The first-order chi connectivity index (χ1) is 7.25. The number of hydrogen-bond donors (Lipinski definition) is 0. The topological polar surface area (TPSA) is 4.93 Å². The average Bonchev–Trinajstić information content (AvgIpc) is 2.68. The molecule has 78 valence electrons. The zero-order valence-corrected chi connectivity index (χ0v) is 9.35. The summed E-state index contributed by atoms with van der Waals surface area (Å²) in [6.07, 6.45) is 4.39. The van der Waals surface area contributed by atoms with E-state index < -0.39 is 0 Å². The van der Waals surface area contributed by atoms with Crippen LogP contribution in [0.1, 0.15) is 30.9 Å². The molecule has 1 heterocycles. The van der Waals surface area contributed by atoms with Gasteiger partial charge in [0, 0.05) is 18.9 Å². The molecule has 0 saturated heterocycles. The minimum Gasteiger partial charge on any atom is -0.350 e. The van der Waals surface area contributed by atoms with Crippen LogP contribution in [0.2, 0.25) is 0 Å². The standard InChI is InChI=1S/C14H17N/c1-12(2)14-8-9-15(11-14)10-13-6-4-3-5-7-13/h3-9,11-12H,10H2,1-2H3. The smallest absolute Gasteiger partial charge is 0.0470 e. The molecule has 0 spiro atoms. The molecule has 0 fully saturated rings. The Morgan fingerprint density at radius 2 is 1.80 bits per heavy atom. The minimum absolute atomic E-state index is 0.613. The third kappa shape index (κ3) is 2.50. The number of nitrogens with zero attached hydrogens (tertiary/aromatic N) is 1. The van der Waals surface area contributed by atoms with Crippen LogP contribution in [0.4, 0.5) is 0 Å². The lowest BCUT2D eigenvalue weighted by molar-refractivity contribution is 0.790. The van der Waals surface area contributed by atoms with E-state index in [1.807, 2.05) is 0 Å². The van der Waals surface area contributed by atoms with Crippen molar-refractivity contribution in [3.8, 4) is 0 Å². The van der Waals surface area contributed by atoms with E-state index in [4.69, 9.17) is 0 Å². The van der Waals surface area contributed by atoms with Crippen LogP contribution in [0.25, 0.3) is 0 Å². The molecule has 0 unspecified atom stereocenters. The van der Waals surface area contributed by atoms with Crippen molar-refractivity contribution in [2.45, 2.75) is 26.3 Å². The molecular formula is C14H17N.